The van der Waals surface area contributed by atoms with E-state index in [4.69, 9.17) is 10.5 Å². The third-order valence-electron chi connectivity index (χ3n) is 3.03. The zero-order valence-electron chi connectivity index (χ0n) is 11.7. The lowest BCUT2D eigenvalue weighted by Gasteiger charge is -2.12. The molecule has 0 amide bonds. The molecule has 0 aliphatic heterocycles. The van der Waals surface area contributed by atoms with Crippen LogP contribution in [0.2, 0.25) is 0 Å². The number of esters is 1. The second-order valence-corrected chi connectivity index (χ2v) is 5.05. The van der Waals surface area contributed by atoms with E-state index in [0.717, 1.165) is 6.42 Å². The molecule has 0 radical (unpaired) electrons. The van der Waals surface area contributed by atoms with Crippen LogP contribution in [0.3, 0.4) is 0 Å². The molecule has 0 spiro atoms. The van der Waals surface area contributed by atoms with E-state index in [9.17, 15) is 4.79 Å². The van der Waals surface area contributed by atoms with Crippen molar-refractivity contribution in [3.63, 3.8) is 0 Å². The largest absolute Gasteiger partial charge is 0.464 e. The maximum atomic E-state index is 11.2. The van der Waals surface area contributed by atoms with Crippen molar-refractivity contribution < 1.29 is 9.53 Å². The molecule has 1 atom stereocenters. The molecule has 1 aromatic rings. The molecule has 100 valence electrons. The van der Waals surface area contributed by atoms with Crippen LogP contribution in [-0.2, 0) is 16.0 Å². The number of benzene rings is 1. The summed E-state index contributed by atoms with van der Waals surface area (Å²) in [6, 6.07) is 5.92. The molecule has 2 N–H and O–H groups in total. The summed E-state index contributed by atoms with van der Waals surface area (Å²) in [5, 5.41) is 0. The minimum absolute atomic E-state index is 0.340. The monoisotopic (exact) mass is 249 g/mol. The van der Waals surface area contributed by atoms with Crippen LogP contribution in [0.1, 0.15) is 43.4 Å². The summed E-state index contributed by atoms with van der Waals surface area (Å²) in [6.45, 7) is 8.44. The van der Waals surface area contributed by atoms with E-state index < -0.39 is 6.04 Å². The van der Waals surface area contributed by atoms with Gasteiger partial charge in [-0.15, -0.1) is 0 Å². The molecular weight excluding hydrogens is 226 g/mol. The van der Waals surface area contributed by atoms with Crippen molar-refractivity contribution in [1.29, 1.82) is 0 Å². The van der Waals surface area contributed by atoms with Crippen molar-refractivity contribution >= 4 is 5.97 Å². The molecule has 1 rings (SSSR count). The Balaban J connectivity index is 2.61. The first-order chi connectivity index (χ1) is 8.41. The molecule has 3 heteroatoms. The molecule has 1 unspecified atom stereocenters. The average molecular weight is 249 g/mol. The van der Waals surface area contributed by atoms with E-state index >= 15 is 0 Å². The number of ether oxygens (including phenoxy) is 1. The van der Waals surface area contributed by atoms with Crippen molar-refractivity contribution in [2.75, 3.05) is 6.61 Å². The Morgan fingerprint density at radius 2 is 2.00 bits per heavy atom. The molecule has 0 aliphatic rings. The van der Waals surface area contributed by atoms with Gasteiger partial charge >= 0.3 is 5.97 Å². The summed E-state index contributed by atoms with van der Waals surface area (Å²) in [4.78, 5) is 11.2. The van der Waals surface area contributed by atoms with Gasteiger partial charge in [-0.3, -0.25) is 4.79 Å². The van der Waals surface area contributed by atoms with E-state index in [0.29, 0.717) is 12.5 Å². The Kier molecular flexibility index (Phi) is 5.35. The fourth-order valence-corrected chi connectivity index (χ4v) is 1.71. The van der Waals surface area contributed by atoms with Gasteiger partial charge in [0.2, 0.25) is 0 Å². The molecule has 0 saturated carbocycles. The lowest BCUT2D eigenvalue weighted by atomic mass is 9.96. The number of nitrogens with two attached hydrogens (primary N) is 1. The fourth-order valence-electron chi connectivity index (χ4n) is 1.71. The van der Waals surface area contributed by atoms with Crippen LogP contribution in [0.5, 0.6) is 0 Å². The van der Waals surface area contributed by atoms with Gasteiger partial charge in [0.25, 0.3) is 0 Å². The molecule has 0 aliphatic carbocycles. The summed E-state index contributed by atoms with van der Waals surface area (Å²) in [6.07, 6.45) is 0.741. The summed E-state index contributed by atoms with van der Waals surface area (Å²) in [5.74, 6) is 0.170. The van der Waals surface area contributed by atoms with Crippen molar-refractivity contribution in [1.82, 2.24) is 0 Å². The van der Waals surface area contributed by atoms with Crippen LogP contribution in [0, 0.1) is 6.92 Å². The van der Waals surface area contributed by atoms with Gasteiger partial charge in [-0.05, 0) is 36.5 Å². The van der Waals surface area contributed by atoms with Crippen LogP contribution < -0.4 is 5.73 Å². The van der Waals surface area contributed by atoms with Gasteiger partial charge in [0.1, 0.15) is 6.04 Å². The minimum Gasteiger partial charge on any atom is -0.464 e. The molecule has 1 aromatic carbocycles. The Bertz CT molecular complexity index is 411. The van der Waals surface area contributed by atoms with Gasteiger partial charge in [0.15, 0.2) is 0 Å². The molecular formula is C15H23NO2. The number of hydrogen-bond donors (Lipinski definition) is 1. The topological polar surface area (TPSA) is 52.3 Å². The van der Waals surface area contributed by atoms with Gasteiger partial charge in [-0.25, -0.2) is 0 Å². The van der Waals surface area contributed by atoms with Gasteiger partial charge < -0.3 is 10.5 Å². The summed E-state index contributed by atoms with van der Waals surface area (Å²) in [5.41, 5.74) is 9.22. The molecule has 18 heavy (non-hydrogen) atoms. The minimum atomic E-state index is -0.548. The molecule has 0 aromatic heterocycles. The van der Waals surface area contributed by atoms with Crippen LogP contribution in [-0.4, -0.2) is 18.6 Å². The SMILES string of the molecule is Cc1ccc(C(C)C)cc1CCOC(=O)C(C)N. The van der Waals surface area contributed by atoms with Gasteiger partial charge in [-0.1, -0.05) is 32.0 Å². The van der Waals surface area contributed by atoms with Gasteiger partial charge in [-0.2, -0.15) is 0 Å². The highest BCUT2D eigenvalue weighted by Gasteiger charge is 2.09. The first kappa shape index (κ1) is 14.7. The van der Waals surface area contributed by atoms with E-state index in [1.54, 1.807) is 6.92 Å². The van der Waals surface area contributed by atoms with E-state index in [1.165, 1.54) is 16.7 Å². The molecule has 3 nitrogen and oxygen atoms in total. The Labute approximate surface area is 109 Å². The van der Waals surface area contributed by atoms with E-state index in [-0.39, 0.29) is 5.97 Å². The summed E-state index contributed by atoms with van der Waals surface area (Å²) < 4.78 is 5.10. The maximum Gasteiger partial charge on any atom is 0.322 e. The highest BCUT2D eigenvalue weighted by Crippen LogP contribution is 2.19. The highest BCUT2D eigenvalue weighted by atomic mass is 16.5. The Hall–Kier alpha value is -1.35. The highest BCUT2D eigenvalue weighted by molar-refractivity contribution is 5.74. The van der Waals surface area contributed by atoms with Crippen molar-refractivity contribution in [2.45, 2.75) is 46.1 Å². The first-order valence-corrected chi connectivity index (χ1v) is 6.43. The zero-order chi connectivity index (χ0) is 13.7. The van der Waals surface area contributed by atoms with Crippen molar-refractivity contribution in [3.8, 4) is 0 Å². The van der Waals surface area contributed by atoms with E-state index in [2.05, 4.69) is 39.0 Å². The van der Waals surface area contributed by atoms with Crippen molar-refractivity contribution in [2.24, 2.45) is 5.73 Å². The van der Waals surface area contributed by atoms with Crippen LogP contribution in [0.15, 0.2) is 18.2 Å². The van der Waals surface area contributed by atoms with Crippen molar-refractivity contribution in [3.05, 3.63) is 34.9 Å². The second kappa shape index (κ2) is 6.55. The van der Waals surface area contributed by atoms with Gasteiger partial charge in [0, 0.05) is 6.42 Å². The molecule has 0 fully saturated rings. The molecule has 0 heterocycles. The average Bonchev–Trinajstić information content (AvgIpc) is 2.30. The summed E-state index contributed by atoms with van der Waals surface area (Å²) >= 11 is 0. The standard InChI is InChI=1S/C15H23NO2/c1-10(2)13-6-5-11(3)14(9-13)7-8-18-15(17)12(4)16/h5-6,9-10,12H,7-8,16H2,1-4H3. The fraction of sp³-hybridized carbons (Fsp3) is 0.533. The molecule has 0 bridgehead atoms. The third kappa shape index (κ3) is 4.15. The number of hydrogen-bond acceptors (Lipinski definition) is 3. The first-order valence-electron chi connectivity index (χ1n) is 6.43. The number of rotatable bonds is 5. The number of aryl methyl sites for hydroxylation is 1. The summed E-state index contributed by atoms with van der Waals surface area (Å²) in [7, 11) is 0. The normalized spacial score (nSPS) is 12.6. The number of carbonyl (C=O) groups excluding carboxylic acids is 1. The number of carbonyl (C=O) groups is 1. The predicted octanol–water partition coefficient (Wildman–Crippen LogP) is 2.55. The van der Waals surface area contributed by atoms with Crippen LogP contribution in [0.25, 0.3) is 0 Å². The lowest BCUT2D eigenvalue weighted by molar-refractivity contribution is -0.144. The predicted molar refractivity (Wildman–Crippen MR) is 73.6 cm³/mol. The van der Waals surface area contributed by atoms with Crippen LogP contribution >= 0.6 is 0 Å². The lowest BCUT2D eigenvalue weighted by Crippen LogP contribution is -2.29. The second-order valence-electron chi connectivity index (χ2n) is 5.05. The smallest absolute Gasteiger partial charge is 0.322 e. The quantitative estimate of drug-likeness (QED) is 0.816. The Morgan fingerprint density at radius 1 is 1.33 bits per heavy atom. The Morgan fingerprint density at radius 3 is 2.56 bits per heavy atom. The van der Waals surface area contributed by atoms with Gasteiger partial charge in [0.05, 0.1) is 6.61 Å². The third-order valence-corrected chi connectivity index (χ3v) is 3.03. The molecule has 0 saturated heterocycles. The zero-order valence-corrected chi connectivity index (χ0v) is 11.7. The van der Waals surface area contributed by atoms with Crippen LogP contribution in [0.4, 0.5) is 0 Å². The maximum absolute atomic E-state index is 11.2. The van der Waals surface area contributed by atoms with E-state index in [1.807, 2.05) is 0 Å².